The van der Waals surface area contributed by atoms with Gasteiger partial charge in [0.2, 0.25) is 5.91 Å². The molecule has 0 radical (unpaired) electrons. The van der Waals surface area contributed by atoms with Crippen molar-refractivity contribution in [3.05, 3.63) is 60.1 Å². The van der Waals surface area contributed by atoms with E-state index in [9.17, 15) is 9.90 Å². The molecule has 22 heavy (non-hydrogen) atoms. The maximum atomic E-state index is 12.7. The van der Waals surface area contributed by atoms with E-state index < -0.39 is 0 Å². The first kappa shape index (κ1) is 14.9. The van der Waals surface area contributed by atoms with Gasteiger partial charge in [0, 0.05) is 25.5 Å². The molecule has 3 atom stereocenters. The van der Waals surface area contributed by atoms with Gasteiger partial charge in [-0.15, -0.1) is 0 Å². The van der Waals surface area contributed by atoms with Gasteiger partial charge in [-0.3, -0.25) is 4.79 Å². The molecule has 0 saturated heterocycles. The minimum Gasteiger partial charge on any atom is -0.469 e. The number of furan rings is 1. The molecule has 1 aliphatic rings. The lowest BCUT2D eigenvalue weighted by Gasteiger charge is -2.28. The van der Waals surface area contributed by atoms with Crippen molar-refractivity contribution in [1.29, 1.82) is 0 Å². The van der Waals surface area contributed by atoms with Crippen LogP contribution in [-0.2, 0) is 4.79 Å². The number of carbonyl (C=O) groups is 1. The van der Waals surface area contributed by atoms with E-state index in [0.29, 0.717) is 6.42 Å². The van der Waals surface area contributed by atoms with Crippen molar-refractivity contribution in [2.75, 3.05) is 13.7 Å². The molecule has 1 amide bonds. The number of carbonyl (C=O) groups excluding carboxylic acids is 1. The molecule has 116 valence electrons. The van der Waals surface area contributed by atoms with Gasteiger partial charge in [-0.1, -0.05) is 30.3 Å². The molecule has 0 aliphatic heterocycles. The highest BCUT2D eigenvalue weighted by molar-refractivity contribution is 5.83. The van der Waals surface area contributed by atoms with E-state index in [2.05, 4.69) is 0 Å². The van der Waals surface area contributed by atoms with Crippen molar-refractivity contribution >= 4 is 5.91 Å². The Morgan fingerprint density at radius 2 is 2.09 bits per heavy atom. The summed E-state index contributed by atoms with van der Waals surface area (Å²) in [6.45, 7) is 0.0590. The fourth-order valence-electron chi connectivity index (χ4n) is 3.08. The summed E-state index contributed by atoms with van der Waals surface area (Å²) in [7, 11) is 1.83. The number of hydrogen-bond acceptors (Lipinski definition) is 3. The van der Waals surface area contributed by atoms with Gasteiger partial charge in [-0.05, 0) is 30.5 Å². The van der Waals surface area contributed by atoms with Crippen LogP contribution >= 0.6 is 0 Å². The van der Waals surface area contributed by atoms with Crippen LogP contribution in [-0.4, -0.2) is 29.6 Å². The zero-order valence-corrected chi connectivity index (χ0v) is 12.7. The van der Waals surface area contributed by atoms with Gasteiger partial charge < -0.3 is 14.4 Å². The monoisotopic (exact) mass is 299 g/mol. The lowest BCUT2D eigenvalue weighted by atomic mass is 10.0. The predicted octanol–water partition coefficient (Wildman–Crippen LogP) is 2.97. The number of nitrogens with zero attached hydrogens (tertiary/aromatic N) is 1. The quantitative estimate of drug-likeness (QED) is 0.892. The normalized spacial score (nSPS) is 21.4. The Morgan fingerprint density at radius 3 is 2.73 bits per heavy atom. The fourth-order valence-corrected chi connectivity index (χ4v) is 3.08. The van der Waals surface area contributed by atoms with Gasteiger partial charge in [-0.25, -0.2) is 0 Å². The highest BCUT2D eigenvalue weighted by Crippen LogP contribution is 2.49. The van der Waals surface area contributed by atoms with Gasteiger partial charge >= 0.3 is 0 Å². The maximum Gasteiger partial charge on any atom is 0.226 e. The summed E-state index contributed by atoms with van der Waals surface area (Å²) in [5.41, 5.74) is 1.06. The first-order valence-electron chi connectivity index (χ1n) is 7.68. The third kappa shape index (κ3) is 2.92. The average Bonchev–Trinajstić information content (AvgIpc) is 3.17. The fraction of sp³-hybridized carbons (Fsp3) is 0.389. The third-order valence-corrected chi connectivity index (χ3v) is 4.42. The molecule has 1 fully saturated rings. The molecule has 3 unspecified atom stereocenters. The molecular weight excluding hydrogens is 278 g/mol. The smallest absolute Gasteiger partial charge is 0.226 e. The maximum absolute atomic E-state index is 12.7. The third-order valence-electron chi connectivity index (χ3n) is 4.42. The molecule has 1 heterocycles. The van der Waals surface area contributed by atoms with Crippen LogP contribution in [0.5, 0.6) is 0 Å². The summed E-state index contributed by atoms with van der Waals surface area (Å²) >= 11 is 0. The molecule has 1 aliphatic carbocycles. The Morgan fingerprint density at radius 1 is 1.32 bits per heavy atom. The molecule has 4 heteroatoms. The number of aliphatic hydroxyl groups is 1. The van der Waals surface area contributed by atoms with Crippen LogP contribution in [0.15, 0.2) is 53.1 Å². The van der Waals surface area contributed by atoms with Gasteiger partial charge in [0.15, 0.2) is 0 Å². The lowest BCUT2D eigenvalue weighted by Crippen LogP contribution is -2.33. The molecule has 0 spiro atoms. The van der Waals surface area contributed by atoms with Crippen molar-refractivity contribution in [1.82, 2.24) is 4.90 Å². The van der Waals surface area contributed by atoms with E-state index in [1.807, 2.05) is 49.5 Å². The molecule has 2 aromatic rings. The second-order valence-electron chi connectivity index (χ2n) is 5.85. The minimum absolute atomic E-state index is 0.000977. The molecular formula is C18H21NO3. The topological polar surface area (TPSA) is 53.7 Å². The summed E-state index contributed by atoms with van der Waals surface area (Å²) in [6, 6.07) is 13.6. The first-order chi connectivity index (χ1) is 10.7. The molecule has 1 N–H and O–H groups in total. The summed E-state index contributed by atoms with van der Waals surface area (Å²) in [5.74, 6) is 1.23. The Hall–Kier alpha value is -2.07. The molecule has 0 bridgehead atoms. The SMILES string of the molecule is CN(C(=O)C1CC1c1ccco1)C(CCO)c1ccccc1. The van der Waals surface area contributed by atoms with Crippen molar-refractivity contribution in [3.8, 4) is 0 Å². The summed E-state index contributed by atoms with van der Waals surface area (Å²) in [5, 5.41) is 9.33. The number of amides is 1. The zero-order chi connectivity index (χ0) is 15.5. The van der Waals surface area contributed by atoms with Gasteiger partial charge in [0.1, 0.15) is 5.76 Å². The van der Waals surface area contributed by atoms with Crippen LogP contribution in [0.2, 0.25) is 0 Å². The van der Waals surface area contributed by atoms with Crippen LogP contribution in [0.25, 0.3) is 0 Å². The lowest BCUT2D eigenvalue weighted by molar-refractivity contribution is -0.134. The van der Waals surface area contributed by atoms with Crippen LogP contribution < -0.4 is 0 Å². The van der Waals surface area contributed by atoms with Crippen molar-refractivity contribution in [3.63, 3.8) is 0 Å². The van der Waals surface area contributed by atoms with E-state index in [0.717, 1.165) is 17.7 Å². The summed E-state index contributed by atoms with van der Waals surface area (Å²) in [4.78, 5) is 14.5. The van der Waals surface area contributed by atoms with Gasteiger partial charge in [-0.2, -0.15) is 0 Å². The van der Waals surface area contributed by atoms with E-state index in [-0.39, 0.29) is 30.4 Å². The van der Waals surface area contributed by atoms with Crippen molar-refractivity contribution in [2.45, 2.75) is 24.8 Å². The van der Waals surface area contributed by atoms with Crippen LogP contribution in [0, 0.1) is 5.92 Å². The number of aliphatic hydroxyl groups excluding tert-OH is 1. The van der Waals surface area contributed by atoms with Gasteiger partial charge in [0.05, 0.1) is 12.3 Å². The largest absolute Gasteiger partial charge is 0.469 e. The van der Waals surface area contributed by atoms with Crippen molar-refractivity contribution in [2.24, 2.45) is 5.92 Å². The minimum atomic E-state index is -0.0865. The molecule has 4 nitrogen and oxygen atoms in total. The second-order valence-corrected chi connectivity index (χ2v) is 5.85. The summed E-state index contributed by atoms with van der Waals surface area (Å²) in [6.07, 6.45) is 3.04. The van der Waals surface area contributed by atoms with Crippen LogP contribution in [0.4, 0.5) is 0 Å². The zero-order valence-electron chi connectivity index (χ0n) is 12.7. The van der Waals surface area contributed by atoms with Crippen molar-refractivity contribution < 1.29 is 14.3 Å². The molecule has 1 aromatic heterocycles. The Bertz CT molecular complexity index is 609. The summed E-state index contributed by atoms with van der Waals surface area (Å²) < 4.78 is 5.40. The molecule has 1 saturated carbocycles. The predicted molar refractivity (Wildman–Crippen MR) is 83.2 cm³/mol. The van der Waals surface area contributed by atoms with E-state index in [1.54, 1.807) is 11.2 Å². The van der Waals surface area contributed by atoms with E-state index >= 15 is 0 Å². The van der Waals surface area contributed by atoms with Gasteiger partial charge in [0.25, 0.3) is 0 Å². The molecule has 3 rings (SSSR count). The van der Waals surface area contributed by atoms with E-state index in [1.165, 1.54) is 0 Å². The highest BCUT2D eigenvalue weighted by Gasteiger charge is 2.47. The highest BCUT2D eigenvalue weighted by atomic mass is 16.3. The van der Waals surface area contributed by atoms with E-state index in [4.69, 9.17) is 4.42 Å². The number of benzene rings is 1. The Labute approximate surface area is 130 Å². The Kier molecular flexibility index (Phi) is 4.29. The molecule has 1 aromatic carbocycles. The average molecular weight is 299 g/mol. The number of hydrogen-bond donors (Lipinski definition) is 1. The Balaban J connectivity index is 1.71. The van der Waals surface area contributed by atoms with Crippen LogP contribution in [0.3, 0.4) is 0 Å². The second kappa shape index (κ2) is 6.36. The number of rotatable bonds is 6. The standard InChI is InChI=1S/C18H21NO3/c1-19(16(9-10-20)13-6-3-2-4-7-13)18(21)15-12-14(15)17-8-5-11-22-17/h2-8,11,14-16,20H,9-10,12H2,1H3. The van der Waals surface area contributed by atoms with Crippen LogP contribution in [0.1, 0.15) is 36.1 Å². The first-order valence-corrected chi connectivity index (χ1v) is 7.68.